The van der Waals surface area contributed by atoms with E-state index in [1.165, 1.54) is 6.92 Å². The average Bonchev–Trinajstić information content (AvgIpc) is 2.38. The van der Waals surface area contributed by atoms with Gasteiger partial charge in [0.2, 0.25) is 0 Å². The maximum absolute atomic E-state index is 11.3. The van der Waals surface area contributed by atoms with Crippen LogP contribution < -0.4 is 4.74 Å². The minimum Gasteiger partial charge on any atom is -0.496 e. The summed E-state index contributed by atoms with van der Waals surface area (Å²) >= 11 is 0. The predicted octanol–water partition coefficient (Wildman–Crippen LogP) is 2.66. The van der Waals surface area contributed by atoms with Gasteiger partial charge in [-0.1, -0.05) is 12.1 Å². The summed E-state index contributed by atoms with van der Waals surface area (Å²) in [5, 5.41) is 0. The number of aryl methyl sites for hydroxylation is 1. The maximum Gasteiger partial charge on any atom is 0.163 e. The van der Waals surface area contributed by atoms with Crippen LogP contribution in [0.3, 0.4) is 0 Å². The van der Waals surface area contributed by atoms with E-state index in [4.69, 9.17) is 4.74 Å². The molecule has 0 aliphatic heterocycles. The number of benzene rings is 1. The third-order valence-electron chi connectivity index (χ3n) is 2.71. The number of ketones is 1. The summed E-state index contributed by atoms with van der Waals surface area (Å²) in [6.45, 7) is 3.31. The Morgan fingerprint density at radius 1 is 1.28 bits per heavy atom. The van der Waals surface area contributed by atoms with Crippen LogP contribution in [0.4, 0.5) is 0 Å². The molecular weight excluding hydrogens is 228 g/mol. The number of nitrogens with zero attached hydrogens (tertiary/aromatic N) is 2. The second-order valence-electron chi connectivity index (χ2n) is 3.95. The fourth-order valence-electron chi connectivity index (χ4n) is 1.77. The number of carbonyl (C=O) groups is 1. The molecule has 0 amide bonds. The van der Waals surface area contributed by atoms with Crippen molar-refractivity contribution in [1.29, 1.82) is 0 Å². The lowest BCUT2D eigenvalue weighted by molar-refractivity contribution is 0.101. The zero-order chi connectivity index (χ0) is 13.1. The smallest absolute Gasteiger partial charge is 0.163 e. The van der Waals surface area contributed by atoms with Crippen LogP contribution in [-0.4, -0.2) is 22.9 Å². The second-order valence-corrected chi connectivity index (χ2v) is 3.95. The molecule has 0 spiro atoms. The summed E-state index contributed by atoms with van der Waals surface area (Å²) in [6.07, 6.45) is 1.56. The Kier molecular flexibility index (Phi) is 3.37. The molecule has 2 aromatic rings. The minimum atomic E-state index is -0.0286. The standard InChI is InChI=1S/C14H14N2O2/c1-9-12(10(2)17)8-15-14(16-9)11-6-4-5-7-13(11)18-3/h4-8H,1-3H3. The largest absolute Gasteiger partial charge is 0.496 e. The second kappa shape index (κ2) is 4.96. The van der Waals surface area contributed by atoms with Gasteiger partial charge in [0.15, 0.2) is 11.6 Å². The Morgan fingerprint density at radius 3 is 2.61 bits per heavy atom. The quantitative estimate of drug-likeness (QED) is 0.776. The lowest BCUT2D eigenvalue weighted by Crippen LogP contribution is -2.02. The van der Waals surface area contributed by atoms with Gasteiger partial charge in [0, 0.05) is 6.20 Å². The zero-order valence-corrected chi connectivity index (χ0v) is 10.6. The predicted molar refractivity (Wildman–Crippen MR) is 68.8 cm³/mol. The third-order valence-corrected chi connectivity index (χ3v) is 2.71. The Bertz CT molecular complexity index is 594. The number of aromatic nitrogens is 2. The van der Waals surface area contributed by atoms with Gasteiger partial charge in [-0.3, -0.25) is 4.79 Å². The van der Waals surface area contributed by atoms with E-state index in [1.807, 2.05) is 24.3 Å². The number of Topliss-reactive ketones (excluding diaryl/α,β-unsaturated/α-hetero) is 1. The van der Waals surface area contributed by atoms with Gasteiger partial charge in [0.25, 0.3) is 0 Å². The summed E-state index contributed by atoms with van der Waals surface area (Å²) in [7, 11) is 1.61. The van der Waals surface area contributed by atoms with E-state index in [0.29, 0.717) is 22.8 Å². The van der Waals surface area contributed by atoms with Crippen molar-refractivity contribution < 1.29 is 9.53 Å². The van der Waals surface area contributed by atoms with Gasteiger partial charge in [0.05, 0.1) is 23.9 Å². The van der Waals surface area contributed by atoms with Crippen LogP contribution in [0.2, 0.25) is 0 Å². The van der Waals surface area contributed by atoms with Crippen molar-refractivity contribution in [2.75, 3.05) is 7.11 Å². The highest BCUT2D eigenvalue weighted by atomic mass is 16.5. The number of para-hydroxylation sites is 1. The van der Waals surface area contributed by atoms with Crippen molar-refractivity contribution >= 4 is 5.78 Å². The molecule has 2 rings (SSSR count). The first-order valence-corrected chi connectivity index (χ1v) is 5.61. The molecule has 0 saturated heterocycles. The Labute approximate surface area is 106 Å². The van der Waals surface area contributed by atoms with Crippen LogP contribution >= 0.6 is 0 Å². The van der Waals surface area contributed by atoms with Gasteiger partial charge in [-0.15, -0.1) is 0 Å². The van der Waals surface area contributed by atoms with Crippen LogP contribution in [0, 0.1) is 6.92 Å². The van der Waals surface area contributed by atoms with Gasteiger partial charge >= 0.3 is 0 Å². The van der Waals surface area contributed by atoms with Crippen LogP contribution in [0.1, 0.15) is 23.0 Å². The molecule has 0 fully saturated rings. The molecule has 0 radical (unpaired) electrons. The van der Waals surface area contributed by atoms with E-state index in [-0.39, 0.29) is 5.78 Å². The summed E-state index contributed by atoms with van der Waals surface area (Å²) in [4.78, 5) is 19.9. The summed E-state index contributed by atoms with van der Waals surface area (Å²) in [6, 6.07) is 7.53. The number of ether oxygens (including phenoxy) is 1. The number of hydrogen-bond donors (Lipinski definition) is 0. The molecule has 4 heteroatoms. The van der Waals surface area contributed by atoms with E-state index in [0.717, 1.165) is 5.56 Å². The van der Waals surface area contributed by atoms with Crippen molar-refractivity contribution in [2.24, 2.45) is 0 Å². The number of rotatable bonds is 3. The Balaban J connectivity index is 2.52. The average molecular weight is 242 g/mol. The summed E-state index contributed by atoms with van der Waals surface area (Å²) in [5.41, 5.74) is 2.05. The van der Waals surface area contributed by atoms with Gasteiger partial charge in [-0.05, 0) is 26.0 Å². The van der Waals surface area contributed by atoms with Gasteiger partial charge in [-0.2, -0.15) is 0 Å². The van der Waals surface area contributed by atoms with E-state index in [2.05, 4.69) is 9.97 Å². The summed E-state index contributed by atoms with van der Waals surface area (Å²) in [5.74, 6) is 1.25. The fraction of sp³-hybridized carbons (Fsp3) is 0.214. The lowest BCUT2D eigenvalue weighted by atomic mass is 10.1. The van der Waals surface area contributed by atoms with Crippen molar-refractivity contribution in [3.63, 3.8) is 0 Å². The van der Waals surface area contributed by atoms with Crippen molar-refractivity contribution in [2.45, 2.75) is 13.8 Å². The highest BCUT2D eigenvalue weighted by Gasteiger charge is 2.11. The summed E-state index contributed by atoms with van der Waals surface area (Å²) < 4.78 is 5.27. The van der Waals surface area contributed by atoms with Crippen LogP contribution in [0.5, 0.6) is 5.75 Å². The van der Waals surface area contributed by atoms with Crippen molar-refractivity contribution in [1.82, 2.24) is 9.97 Å². The van der Waals surface area contributed by atoms with E-state index >= 15 is 0 Å². The van der Waals surface area contributed by atoms with Crippen LogP contribution in [0.25, 0.3) is 11.4 Å². The maximum atomic E-state index is 11.3. The molecule has 0 bridgehead atoms. The highest BCUT2D eigenvalue weighted by Crippen LogP contribution is 2.26. The van der Waals surface area contributed by atoms with E-state index in [9.17, 15) is 4.79 Å². The first-order chi connectivity index (χ1) is 8.63. The molecule has 0 atom stereocenters. The van der Waals surface area contributed by atoms with E-state index in [1.54, 1.807) is 20.2 Å². The minimum absolute atomic E-state index is 0.0286. The molecule has 0 aliphatic rings. The molecule has 18 heavy (non-hydrogen) atoms. The molecule has 1 heterocycles. The van der Waals surface area contributed by atoms with Crippen molar-refractivity contribution in [3.8, 4) is 17.1 Å². The van der Waals surface area contributed by atoms with Gasteiger partial charge in [0.1, 0.15) is 5.75 Å². The normalized spacial score (nSPS) is 10.2. The molecule has 92 valence electrons. The number of methoxy groups -OCH3 is 1. The monoisotopic (exact) mass is 242 g/mol. The van der Waals surface area contributed by atoms with Crippen LogP contribution in [0.15, 0.2) is 30.5 Å². The topological polar surface area (TPSA) is 52.1 Å². The first-order valence-electron chi connectivity index (χ1n) is 5.61. The van der Waals surface area contributed by atoms with Crippen molar-refractivity contribution in [3.05, 3.63) is 41.7 Å². The lowest BCUT2D eigenvalue weighted by Gasteiger charge is -2.08. The molecule has 1 aromatic carbocycles. The first kappa shape index (κ1) is 12.2. The highest BCUT2D eigenvalue weighted by molar-refractivity contribution is 5.94. The molecule has 4 nitrogen and oxygen atoms in total. The molecule has 0 saturated carbocycles. The van der Waals surface area contributed by atoms with Gasteiger partial charge in [-0.25, -0.2) is 9.97 Å². The van der Waals surface area contributed by atoms with Gasteiger partial charge < -0.3 is 4.74 Å². The Hall–Kier alpha value is -2.23. The Morgan fingerprint density at radius 2 is 2.00 bits per heavy atom. The van der Waals surface area contributed by atoms with E-state index < -0.39 is 0 Å². The molecule has 0 N–H and O–H groups in total. The molecule has 0 unspecified atom stereocenters. The third kappa shape index (κ3) is 2.22. The number of carbonyl (C=O) groups excluding carboxylic acids is 1. The molecule has 0 aliphatic carbocycles. The SMILES string of the molecule is COc1ccccc1-c1ncc(C(C)=O)c(C)n1. The molecular formula is C14H14N2O2. The zero-order valence-electron chi connectivity index (χ0n) is 10.6. The molecule has 1 aromatic heterocycles. The van der Waals surface area contributed by atoms with Crippen LogP contribution in [-0.2, 0) is 0 Å². The number of hydrogen-bond acceptors (Lipinski definition) is 4. The fourth-order valence-corrected chi connectivity index (χ4v) is 1.77.